The van der Waals surface area contributed by atoms with Crippen molar-refractivity contribution in [2.75, 3.05) is 11.9 Å². The zero-order valence-corrected chi connectivity index (χ0v) is 21.0. The summed E-state index contributed by atoms with van der Waals surface area (Å²) >= 11 is 15.3. The topological polar surface area (TPSA) is 96.5 Å². The molecule has 7 nitrogen and oxygen atoms in total. The van der Waals surface area contributed by atoms with Crippen molar-refractivity contribution in [2.45, 2.75) is 39.5 Å². The number of rotatable bonds is 8. The fraction of sp³-hybridized carbons (Fsp3) is 0.318. The Morgan fingerprint density at radius 3 is 2.31 bits per heavy atom. The predicted molar refractivity (Wildman–Crippen MR) is 129 cm³/mol. The number of anilines is 1. The second-order valence-corrected chi connectivity index (χ2v) is 9.05. The van der Waals surface area contributed by atoms with E-state index in [0.29, 0.717) is 21.5 Å². The first-order valence-electron chi connectivity index (χ1n) is 9.82. The molecule has 0 atom stereocenters. The summed E-state index contributed by atoms with van der Waals surface area (Å²) < 4.78 is 6.61. The van der Waals surface area contributed by atoms with E-state index in [9.17, 15) is 14.4 Å². The zero-order chi connectivity index (χ0) is 23.8. The highest BCUT2D eigenvalue weighted by molar-refractivity contribution is 9.10. The summed E-state index contributed by atoms with van der Waals surface area (Å²) in [5, 5.41) is 3.34. The smallest absolute Gasteiger partial charge is 0.276 e. The number of benzene rings is 2. The molecule has 2 aromatic carbocycles. The summed E-state index contributed by atoms with van der Waals surface area (Å²) in [5.74, 6) is -0.617. The van der Waals surface area contributed by atoms with Crippen LogP contribution in [-0.4, -0.2) is 24.3 Å². The van der Waals surface area contributed by atoms with E-state index < -0.39 is 17.7 Å². The van der Waals surface area contributed by atoms with Crippen molar-refractivity contribution in [1.29, 1.82) is 0 Å². The minimum atomic E-state index is -0.522. The van der Waals surface area contributed by atoms with Gasteiger partial charge in [-0.05, 0) is 54.3 Å². The molecule has 0 aliphatic heterocycles. The van der Waals surface area contributed by atoms with Crippen LogP contribution in [0.1, 0.15) is 43.7 Å². The first-order chi connectivity index (χ1) is 15.1. The lowest BCUT2D eigenvalue weighted by molar-refractivity contribution is -0.130. The van der Waals surface area contributed by atoms with Gasteiger partial charge in [-0.25, -0.2) is 0 Å². The van der Waals surface area contributed by atoms with Gasteiger partial charge in [0.25, 0.3) is 5.91 Å². The molecule has 3 N–H and O–H groups in total. The van der Waals surface area contributed by atoms with Crippen LogP contribution in [-0.2, 0) is 14.4 Å². The second kappa shape index (κ2) is 12.1. The number of hydrogen-bond donors (Lipinski definition) is 3. The maximum absolute atomic E-state index is 12.0. The molecule has 0 aliphatic rings. The Bertz CT molecular complexity index is 1010. The molecular formula is C22H24BrCl2N3O4. The zero-order valence-electron chi connectivity index (χ0n) is 17.9. The van der Waals surface area contributed by atoms with Gasteiger partial charge in [-0.3, -0.25) is 25.2 Å². The van der Waals surface area contributed by atoms with Crippen LogP contribution in [0.15, 0.2) is 34.8 Å². The molecule has 0 aliphatic carbocycles. The number of hydrazine groups is 1. The molecule has 32 heavy (non-hydrogen) atoms. The number of ether oxygens (including phenoxy) is 1. The third-order valence-corrected chi connectivity index (χ3v) is 5.80. The Hall–Kier alpha value is -2.29. The first kappa shape index (κ1) is 26.0. The summed E-state index contributed by atoms with van der Waals surface area (Å²) in [6.07, 6.45) is -0.214. The molecule has 0 spiro atoms. The lowest BCUT2D eigenvalue weighted by Crippen LogP contribution is -2.44. The Kier molecular flexibility index (Phi) is 9.81. The van der Waals surface area contributed by atoms with Gasteiger partial charge in [0.15, 0.2) is 6.61 Å². The van der Waals surface area contributed by atoms with Gasteiger partial charge in [-0.2, -0.15) is 0 Å². The van der Waals surface area contributed by atoms with Crippen molar-refractivity contribution in [1.82, 2.24) is 10.9 Å². The predicted octanol–water partition coefficient (Wildman–Crippen LogP) is 5.13. The molecule has 2 aromatic rings. The minimum Gasteiger partial charge on any atom is -0.483 e. The van der Waals surface area contributed by atoms with Crippen molar-refractivity contribution < 1.29 is 19.1 Å². The van der Waals surface area contributed by atoms with Crippen LogP contribution >= 0.6 is 39.1 Å². The Morgan fingerprint density at radius 1 is 1.00 bits per heavy atom. The quantitative estimate of drug-likeness (QED) is 0.401. The number of halogens is 3. The van der Waals surface area contributed by atoms with Gasteiger partial charge < -0.3 is 10.1 Å². The van der Waals surface area contributed by atoms with Crippen molar-refractivity contribution in [2.24, 2.45) is 0 Å². The van der Waals surface area contributed by atoms with Crippen LogP contribution in [0.2, 0.25) is 10.0 Å². The lowest BCUT2D eigenvalue weighted by atomic mass is 10.0. The molecule has 0 radical (unpaired) electrons. The Labute approximate surface area is 205 Å². The van der Waals surface area contributed by atoms with Gasteiger partial charge in [0, 0.05) is 22.3 Å². The molecular weight excluding hydrogens is 521 g/mol. The van der Waals surface area contributed by atoms with Gasteiger partial charge in [-0.1, -0.05) is 53.0 Å². The molecule has 2 rings (SSSR count). The fourth-order valence-electron chi connectivity index (χ4n) is 2.66. The summed E-state index contributed by atoms with van der Waals surface area (Å²) in [7, 11) is 0. The highest BCUT2D eigenvalue weighted by atomic mass is 79.9. The Balaban J connectivity index is 1.76. The van der Waals surface area contributed by atoms with Crippen LogP contribution in [0.25, 0.3) is 0 Å². The molecule has 0 heterocycles. The number of nitrogens with one attached hydrogen (secondary N) is 3. The number of aryl methyl sites for hydroxylation is 1. The summed E-state index contributed by atoms with van der Waals surface area (Å²) in [6.45, 7) is 5.72. The van der Waals surface area contributed by atoms with Crippen molar-refractivity contribution in [3.05, 3.63) is 56.0 Å². The van der Waals surface area contributed by atoms with Crippen LogP contribution in [0, 0.1) is 6.92 Å². The molecule has 0 aromatic heterocycles. The Morgan fingerprint density at radius 2 is 1.66 bits per heavy atom. The van der Waals surface area contributed by atoms with E-state index in [0.717, 1.165) is 15.6 Å². The molecule has 172 valence electrons. The standard InChI is InChI=1S/C22H24BrCl2N3O4/c1-12(2)15-10-16(23)13(3)8-19(15)32-11-22(31)28-27-21(30)7-6-20(29)26-18-5-4-14(24)9-17(18)25/h4-5,8-10,12H,6-7,11H2,1-3H3,(H,26,29)(H,27,30)(H,28,31). The summed E-state index contributed by atoms with van der Waals surface area (Å²) in [6, 6.07) is 8.49. The van der Waals surface area contributed by atoms with Crippen LogP contribution < -0.4 is 20.9 Å². The second-order valence-electron chi connectivity index (χ2n) is 7.35. The third-order valence-electron chi connectivity index (χ3n) is 4.40. The van der Waals surface area contributed by atoms with Gasteiger partial charge >= 0.3 is 0 Å². The van der Waals surface area contributed by atoms with Crippen molar-refractivity contribution in [3.8, 4) is 5.75 Å². The number of hydrogen-bond acceptors (Lipinski definition) is 4. The molecule has 0 fully saturated rings. The van der Waals surface area contributed by atoms with Gasteiger partial charge in [0.2, 0.25) is 11.8 Å². The molecule has 0 unspecified atom stereocenters. The van der Waals surface area contributed by atoms with Crippen LogP contribution in [0.3, 0.4) is 0 Å². The van der Waals surface area contributed by atoms with Gasteiger partial charge in [0.05, 0.1) is 10.7 Å². The highest BCUT2D eigenvalue weighted by Crippen LogP contribution is 2.32. The average molecular weight is 545 g/mol. The fourth-order valence-corrected chi connectivity index (χ4v) is 3.48. The van der Waals surface area contributed by atoms with E-state index in [1.807, 2.05) is 32.9 Å². The van der Waals surface area contributed by atoms with Gasteiger partial charge in [-0.15, -0.1) is 0 Å². The van der Waals surface area contributed by atoms with E-state index in [1.165, 1.54) is 6.07 Å². The van der Waals surface area contributed by atoms with Crippen molar-refractivity contribution in [3.63, 3.8) is 0 Å². The number of carbonyl (C=O) groups excluding carboxylic acids is 3. The van der Waals surface area contributed by atoms with Gasteiger partial charge in [0.1, 0.15) is 5.75 Å². The molecule has 10 heteroatoms. The van der Waals surface area contributed by atoms with Crippen LogP contribution in [0.5, 0.6) is 5.75 Å². The molecule has 0 saturated heterocycles. The maximum Gasteiger partial charge on any atom is 0.276 e. The molecule has 0 bridgehead atoms. The monoisotopic (exact) mass is 543 g/mol. The summed E-state index contributed by atoms with van der Waals surface area (Å²) in [4.78, 5) is 36.0. The van der Waals surface area contributed by atoms with E-state index in [2.05, 4.69) is 32.1 Å². The minimum absolute atomic E-state index is 0.0902. The largest absolute Gasteiger partial charge is 0.483 e. The normalized spacial score (nSPS) is 10.6. The average Bonchev–Trinajstić information content (AvgIpc) is 2.73. The number of carbonyl (C=O) groups is 3. The van der Waals surface area contributed by atoms with E-state index >= 15 is 0 Å². The third kappa shape index (κ3) is 8.00. The first-order valence-corrected chi connectivity index (χ1v) is 11.4. The summed E-state index contributed by atoms with van der Waals surface area (Å²) in [5.41, 5.74) is 6.89. The van der Waals surface area contributed by atoms with Crippen LogP contribution in [0.4, 0.5) is 5.69 Å². The number of amides is 3. The molecule has 3 amide bonds. The van der Waals surface area contributed by atoms with E-state index in [4.69, 9.17) is 27.9 Å². The lowest BCUT2D eigenvalue weighted by Gasteiger charge is -2.16. The van der Waals surface area contributed by atoms with E-state index in [1.54, 1.807) is 12.1 Å². The van der Waals surface area contributed by atoms with E-state index in [-0.39, 0.29) is 25.4 Å². The maximum atomic E-state index is 12.0. The molecule has 0 saturated carbocycles. The highest BCUT2D eigenvalue weighted by Gasteiger charge is 2.14. The van der Waals surface area contributed by atoms with Crippen molar-refractivity contribution >= 4 is 62.5 Å². The SMILES string of the molecule is Cc1cc(OCC(=O)NNC(=O)CCC(=O)Nc2ccc(Cl)cc2Cl)c(C(C)C)cc1Br.